The standard InChI is InChI=1S/C28H26ClN7O3S/c1-15(2)3-6-19-21(13-40-26(19)28(38)39)22-12-30-27(32-22)24-8-5-18-9-16(10-25(37)36(18)24)20-11-17(29)4-7-23(20)35-14-31-33-34-35/h4,7,9-15,24H,3,5-6,8H2,1-2H3,(H,30,32)(H,38,39)/t24-/m0/s1. The highest BCUT2D eigenvalue weighted by Gasteiger charge is 2.29. The van der Waals surface area contributed by atoms with Gasteiger partial charge in [-0.15, -0.1) is 16.4 Å². The van der Waals surface area contributed by atoms with Gasteiger partial charge in [-0.1, -0.05) is 25.4 Å². The summed E-state index contributed by atoms with van der Waals surface area (Å²) in [6.07, 6.45) is 6.22. The molecule has 1 aromatic carbocycles. The van der Waals surface area contributed by atoms with Gasteiger partial charge in [-0.05, 0) is 77.4 Å². The van der Waals surface area contributed by atoms with Crippen molar-refractivity contribution in [2.24, 2.45) is 5.92 Å². The summed E-state index contributed by atoms with van der Waals surface area (Å²) >= 11 is 7.56. The van der Waals surface area contributed by atoms with Crippen LogP contribution in [-0.2, 0) is 12.8 Å². The molecule has 1 aliphatic rings. The highest BCUT2D eigenvalue weighted by Crippen LogP contribution is 2.36. The highest BCUT2D eigenvalue weighted by atomic mass is 35.5. The van der Waals surface area contributed by atoms with E-state index >= 15 is 0 Å². The quantitative estimate of drug-likeness (QED) is 0.252. The van der Waals surface area contributed by atoms with Gasteiger partial charge in [-0.2, -0.15) is 4.68 Å². The molecule has 1 aliphatic heterocycles. The Labute approximate surface area is 238 Å². The van der Waals surface area contributed by atoms with Crippen molar-refractivity contribution in [3.63, 3.8) is 0 Å². The maximum absolute atomic E-state index is 13.5. The molecule has 0 fully saturated rings. The molecule has 1 atom stereocenters. The van der Waals surface area contributed by atoms with Crippen molar-refractivity contribution in [3.05, 3.63) is 85.6 Å². The van der Waals surface area contributed by atoms with Crippen molar-refractivity contribution in [1.29, 1.82) is 0 Å². The summed E-state index contributed by atoms with van der Waals surface area (Å²) in [7, 11) is 0. The van der Waals surface area contributed by atoms with E-state index in [1.165, 1.54) is 17.7 Å². The molecule has 0 spiro atoms. The summed E-state index contributed by atoms with van der Waals surface area (Å²) in [5.41, 5.74) is 5.42. The van der Waals surface area contributed by atoms with Gasteiger partial charge in [-0.3, -0.25) is 4.79 Å². The SMILES string of the molecule is CC(C)CCc1c(-c2cnc([C@@H]3CCc4cc(-c5cc(Cl)ccc5-n5cnnn5)cc(=O)n43)[nH]2)csc1C(=O)O. The second kappa shape index (κ2) is 10.5. The Morgan fingerprint density at radius 1 is 1.25 bits per heavy atom. The van der Waals surface area contributed by atoms with E-state index in [-0.39, 0.29) is 11.6 Å². The van der Waals surface area contributed by atoms with Crippen LogP contribution < -0.4 is 5.56 Å². The Balaban J connectivity index is 1.35. The van der Waals surface area contributed by atoms with Crippen LogP contribution in [0.15, 0.2) is 53.0 Å². The third-order valence-corrected chi connectivity index (χ3v) is 8.51. The summed E-state index contributed by atoms with van der Waals surface area (Å²) in [4.78, 5) is 33.8. The third-order valence-electron chi connectivity index (χ3n) is 7.26. The number of H-pyrrole nitrogens is 1. The Morgan fingerprint density at radius 2 is 2.10 bits per heavy atom. The van der Waals surface area contributed by atoms with Gasteiger partial charge in [0.15, 0.2) is 0 Å². The predicted octanol–water partition coefficient (Wildman–Crippen LogP) is 5.42. The molecular formula is C28H26ClN7O3S. The lowest BCUT2D eigenvalue weighted by Gasteiger charge is -2.15. The van der Waals surface area contributed by atoms with E-state index in [0.29, 0.717) is 46.6 Å². The van der Waals surface area contributed by atoms with E-state index in [1.54, 1.807) is 33.6 Å². The zero-order valence-electron chi connectivity index (χ0n) is 21.8. The zero-order valence-corrected chi connectivity index (χ0v) is 23.4. The van der Waals surface area contributed by atoms with Crippen LogP contribution >= 0.6 is 22.9 Å². The van der Waals surface area contributed by atoms with E-state index in [2.05, 4.69) is 39.3 Å². The molecule has 10 nitrogen and oxygen atoms in total. The number of rotatable bonds is 8. The number of aromatic carboxylic acids is 1. The average Bonchev–Trinajstić information content (AvgIpc) is 3.72. The van der Waals surface area contributed by atoms with Crippen molar-refractivity contribution >= 4 is 28.9 Å². The Morgan fingerprint density at radius 3 is 2.85 bits per heavy atom. The van der Waals surface area contributed by atoms with Crippen LogP contribution in [0.25, 0.3) is 28.1 Å². The van der Waals surface area contributed by atoms with Crippen molar-refractivity contribution in [3.8, 4) is 28.1 Å². The number of aromatic amines is 1. The lowest BCUT2D eigenvalue weighted by Crippen LogP contribution is -2.23. The largest absolute Gasteiger partial charge is 0.477 e. The zero-order chi connectivity index (χ0) is 28.0. The molecule has 6 rings (SSSR count). The Kier molecular flexibility index (Phi) is 6.85. The van der Waals surface area contributed by atoms with Gasteiger partial charge in [0, 0.05) is 33.3 Å². The molecule has 0 amide bonds. The minimum absolute atomic E-state index is 0.142. The third kappa shape index (κ3) is 4.75. The van der Waals surface area contributed by atoms with E-state index < -0.39 is 5.97 Å². The molecule has 0 bridgehead atoms. The summed E-state index contributed by atoms with van der Waals surface area (Å²) in [6, 6.07) is 8.74. The van der Waals surface area contributed by atoms with Gasteiger partial charge in [-0.25, -0.2) is 9.78 Å². The first kappa shape index (κ1) is 26.1. The van der Waals surface area contributed by atoms with Gasteiger partial charge in [0.05, 0.1) is 23.6 Å². The minimum Gasteiger partial charge on any atom is -0.477 e. The fourth-order valence-electron chi connectivity index (χ4n) is 5.33. The highest BCUT2D eigenvalue weighted by molar-refractivity contribution is 7.12. The number of imidazole rings is 1. The van der Waals surface area contributed by atoms with Crippen LogP contribution in [0.1, 0.15) is 59.5 Å². The fourth-order valence-corrected chi connectivity index (χ4v) is 6.46. The van der Waals surface area contributed by atoms with Crippen LogP contribution in [0.5, 0.6) is 0 Å². The van der Waals surface area contributed by atoms with Crippen molar-refractivity contribution in [1.82, 2.24) is 34.7 Å². The first-order chi connectivity index (χ1) is 19.3. The molecular weight excluding hydrogens is 550 g/mol. The molecule has 40 heavy (non-hydrogen) atoms. The van der Waals surface area contributed by atoms with Crippen molar-refractivity contribution in [2.45, 2.75) is 45.6 Å². The number of carbonyl (C=O) groups is 1. The van der Waals surface area contributed by atoms with Gasteiger partial charge >= 0.3 is 5.97 Å². The van der Waals surface area contributed by atoms with Crippen LogP contribution in [0, 0.1) is 5.92 Å². The average molecular weight is 576 g/mol. The van der Waals surface area contributed by atoms with Gasteiger partial charge in [0.25, 0.3) is 5.56 Å². The molecule has 4 aromatic heterocycles. The monoisotopic (exact) mass is 575 g/mol. The van der Waals surface area contributed by atoms with E-state index in [1.807, 2.05) is 17.5 Å². The summed E-state index contributed by atoms with van der Waals surface area (Å²) in [6.45, 7) is 4.25. The number of aromatic nitrogens is 7. The summed E-state index contributed by atoms with van der Waals surface area (Å²) < 4.78 is 3.32. The second-order valence-corrected chi connectivity index (χ2v) is 11.6. The van der Waals surface area contributed by atoms with Crippen LogP contribution in [0.4, 0.5) is 0 Å². The molecule has 12 heteroatoms. The van der Waals surface area contributed by atoms with Gasteiger partial charge in [0.1, 0.15) is 17.0 Å². The lowest BCUT2D eigenvalue weighted by atomic mass is 9.99. The molecule has 204 valence electrons. The molecule has 2 N–H and O–H groups in total. The first-order valence-electron chi connectivity index (χ1n) is 13.0. The number of halogens is 1. The van der Waals surface area contributed by atoms with Crippen molar-refractivity contribution < 1.29 is 9.90 Å². The molecule has 0 saturated heterocycles. The Bertz CT molecular complexity index is 1770. The van der Waals surface area contributed by atoms with Crippen LogP contribution in [-0.4, -0.2) is 45.8 Å². The number of fused-ring (bicyclic) bond motifs is 1. The maximum Gasteiger partial charge on any atom is 0.346 e. The number of nitrogens with zero attached hydrogens (tertiary/aromatic N) is 6. The summed E-state index contributed by atoms with van der Waals surface area (Å²) in [5, 5.41) is 23.6. The number of thiophene rings is 1. The molecule has 0 aliphatic carbocycles. The molecule has 0 unspecified atom stereocenters. The smallest absolute Gasteiger partial charge is 0.346 e. The van der Waals surface area contributed by atoms with E-state index in [0.717, 1.165) is 40.1 Å². The predicted molar refractivity (Wildman–Crippen MR) is 152 cm³/mol. The van der Waals surface area contributed by atoms with Crippen LogP contribution in [0.3, 0.4) is 0 Å². The molecule has 5 heterocycles. The van der Waals surface area contributed by atoms with Crippen molar-refractivity contribution in [2.75, 3.05) is 0 Å². The molecule has 0 radical (unpaired) electrons. The van der Waals surface area contributed by atoms with E-state index in [4.69, 9.17) is 11.6 Å². The minimum atomic E-state index is -0.912. The molecule has 5 aromatic rings. The number of tetrazole rings is 1. The number of carboxylic acid groups (broad SMARTS) is 1. The normalized spacial score (nSPS) is 14.7. The maximum atomic E-state index is 13.5. The number of aryl methyl sites for hydroxylation is 1. The number of hydrogen-bond donors (Lipinski definition) is 2. The number of carboxylic acids is 1. The fraction of sp³-hybridized carbons (Fsp3) is 0.286. The Hall–Kier alpha value is -4.09. The van der Waals surface area contributed by atoms with Gasteiger partial charge < -0.3 is 14.7 Å². The lowest BCUT2D eigenvalue weighted by molar-refractivity contribution is 0.0701. The topological polar surface area (TPSA) is 132 Å². The van der Waals surface area contributed by atoms with Crippen LogP contribution in [0.2, 0.25) is 5.02 Å². The number of benzene rings is 1. The number of pyridine rings is 1. The number of nitrogens with one attached hydrogen (secondary N) is 1. The van der Waals surface area contributed by atoms with Gasteiger partial charge in [0.2, 0.25) is 0 Å². The summed E-state index contributed by atoms with van der Waals surface area (Å²) in [5.74, 6) is 0.220. The number of hydrogen-bond acceptors (Lipinski definition) is 7. The first-order valence-corrected chi connectivity index (χ1v) is 14.2. The molecule has 0 saturated carbocycles. The second-order valence-electron chi connectivity index (χ2n) is 10.3. The van der Waals surface area contributed by atoms with E-state index in [9.17, 15) is 14.7 Å².